The second-order valence-corrected chi connectivity index (χ2v) is 7.81. The minimum absolute atomic E-state index is 0.175. The molecule has 0 saturated heterocycles. The number of carbonyl (C=O) groups excluding carboxylic acids is 2. The van der Waals surface area contributed by atoms with Crippen molar-refractivity contribution in [1.82, 2.24) is 20.8 Å². The Balaban J connectivity index is 1.68. The molecule has 1 fully saturated rings. The van der Waals surface area contributed by atoms with E-state index in [1.54, 1.807) is 17.9 Å². The Morgan fingerprint density at radius 1 is 1.07 bits per heavy atom. The van der Waals surface area contributed by atoms with E-state index in [9.17, 15) is 9.59 Å². The molecule has 1 aliphatic carbocycles. The summed E-state index contributed by atoms with van der Waals surface area (Å²) < 4.78 is 0. The summed E-state index contributed by atoms with van der Waals surface area (Å²) in [7, 11) is 0. The van der Waals surface area contributed by atoms with Gasteiger partial charge in [0.15, 0.2) is 0 Å². The van der Waals surface area contributed by atoms with Crippen molar-refractivity contribution in [2.24, 2.45) is 11.8 Å². The molecule has 1 aliphatic rings. The van der Waals surface area contributed by atoms with E-state index in [2.05, 4.69) is 34.4 Å². The molecule has 0 bridgehead atoms. The molecule has 156 valence electrons. The average molecular weight is 392 g/mol. The van der Waals surface area contributed by atoms with Crippen LogP contribution in [0.5, 0.6) is 0 Å². The van der Waals surface area contributed by atoms with Crippen LogP contribution < -0.4 is 16.1 Å². The van der Waals surface area contributed by atoms with Crippen molar-refractivity contribution in [2.75, 3.05) is 11.9 Å². The molecule has 0 aliphatic heterocycles. The third-order valence-electron chi connectivity index (χ3n) is 5.50. The van der Waals surface area contributed by atoms with Gasteiger partial charge in [0.05, 0.1) is 5.56 Å². The molecule has 1 heterocycles. The number of nitrogens with zero attached hydrogens (tertiary/aromatic N) is 2. The maximum atomic E-state index is 12.2. The minimum atomic E-state index is -0.362. The summed E-state index contributed by atoms with van der Waals surface area (Å²) in [6.45, 7) is 5.09. The Morgan fingerprint density at radius 2 is 1.71 bits per heavy atom. The van der Waals surface area contributed by atoms with Crippen LogP contribution >= 0.6 is 0 Å². The van der Waals surface area contributed by atoms with Crippen molar-refractivity contribution in [3.8, 4) is 0 Å². The number of carbonyl (C=O) groups is 2. The van der Waals surface area contributed by atoms with Crippen molar-refractivity contribution < 1.29 is 14.8 Å². The molecule has 4 N–H and O–H groups in total. The first-order valence-corrected chi connectivity index (χ1v) is 10.3. The molecule has 8 nitrogen and oxygen atoms in total. The van der Waals surface area contributed by atoms with Gasteiger partial charge in [-0.15, -0.1) is 0 Å². The molecule has 2 amide bonds. The fourth-order valence-electron chi connectivity index (χ4n) is 3.76. The normalized spacial score (nSPS) is 21.8. The van der Waals surface area contributed by atoms with Gasteiger partial charge < -0.3 is 10.6 Å². The SMILES string of the molecule is CC1CCCC(C)C1Nc1ncc(C(=O)NCCCCCCC(=O)NO)cn1. The topological polar surface area (TPSA) is 116 Å². The Labute approximate surface area is 166 Å². The summed E-state index contributed by atoms with van der Waals surface area (Å²) in [5.41, 5.74) is 2.07. The lowest BCUT2D eigenvalue weighted by molar-refractivity contribution is -0.129. The van der Waals surface area contributed by atoms with E-state index in [1.165, 1.54) is 19.3 Å². The number of hydrogen-bond donors (Lipinski definition) is 4. The number of hydrogen-bond acceptors (Lipinski definition) is 6. The first kappa shape index (κ1) is 22.1. The van der Waals surface area contributed by atoms with Crippen molar-refractivity contribution in [2.45, 2.75) is 71.3 Å². The third kappa shape index (κ3) is 7.07. The smallest absolute Gasteiger partial charge is 0.254 e. The van der Waals surface area contributed by atoms with Crippen LogP contribution in [-0.2, 0) is 4.79 Å². The van der Waals surface area contributed by atoms with Gasteiger partial charge in [-0.25, -0.2) is 15.4 Å². The summed E-state index contributed by atoms with van der Waals surface area (Å²) in [4.78, 5) is 31.7. The summed E-state index contributed by atoms with van der Waals surface area (Å²) >= 11 is 0. The third-order valence-corrected chi connectivity index (χ3v) is 5.50. The summed E-state index contributed by atoms with van der Waals surface area (Å²) in [5.74, 6) is 1.22. The minimum Gasteiger partial charge on any atom is -0.352 e. The standard InChI is InChI=1S/C20H33N5O3/c1-14-8-7-9-15(2)18(14)24-20-22-12-16(13-23-20)19(27)21-11-6-4-3-5-10-17(26)25-28/h12-15,18,28H,3-11H2,1-2H3,(H,21,27)(H,25,26)(H,22,23,24). The Hall–Kier alpha value is -2.22. The number of anilines is 1. The predicted molar refractivity (Wildman–Crippen MR) is 107 cm³/mol. The van der Waals surface area contributed by atoms with E-state index in [0.717, 1.165) is 25.7 Å². The van der Waals surface area contributed by atoms with Gasteiger partial charge in [-0.05, 0) is 37.5 Å². The average Bonchev–Trinajstić information content (AvgIpc) is 2.70. The Morgan fingerprint density at radius 3 is 2.36 bits per heavy atom. The Kier molecular flexibility index (Phi) is 9.13. The number of aromatic nitrogens is 2. The van der Waals surface area contributed by atoms with Crippen LogP contribution in [0, 0.1) is 11.8 Å². The molecule has 0 spiro atoms. The van der Waals surface area contributed by atoms with Crippen LogP contribution in [0.15, 0.2) is 12.4 Å². The lowest BCUT2D eigenvalue weighted by Gasteiger charge is -2.35. The molecular formula is C20H33N5O3. The largest absolute Gasteiger partial charge is 0.352 e. The van der Waals surface area contributed by atoms with Crippen LogP contribution in [-0.4, -0.2) is 39.6 Å². The number of rotatable bonds is 10. The van der Waals surface area contributed by atoms with Crippen LogP contribution in [0.25, 0.3) is 0 Å². The van der Waals surface area contributed by atoms with E-state index in [-0.39, 0.29) is 11.8 Å². The van der Waals surface area contributed by atoms with Crippen LogP contribution in [0.3, 0.4) is 0 Å². The highest BCUT2D eigenvalue weighted by molar-refractivity contribution is 5.93. The van der Waals surface area contributed by atoms with Crippen molar-refractivity contribution in [1.29, 1.82) is 0 Å². The van der Waals surface area contributed by atoms with Gasteiger partial charge in [0, 0.05) is 31.4 Å². The number of hydroxylamine groups is 1. The van der Waals surface area contributed by atoms with E-state index >= 15 is 0 Å². The van der Waals surface area contributed by atoms with Crippen molar-refractivity contribution in [3.63, 3.8) is 0 Å². The van der Waals surface area contributed by atoms with Gasteiger partial charge in [0.1, 0.15) is 0 Å². The summed E-state index contributed by atoms with van der Waals surface area (Å²) in [6.07, 6.45) is 10.5. The summed E-state index contributed by atoms with van der Waals surface area (Å²) in [6, 6.07) is 0.372. The fraction of sp³-hybridized carbons (Fsp3) is 0.700. The van der Waals surface area contributed by atoms with Crippen LogP contribution in [0.1, 0.15) is 75.6 Å². The molecule has 0 aromatic carbocycles. The predicted octanol–water partition coefficient (Wildman–Crippen LogP) is 2.90. The van der Waals surface area contributed by atoms with Gasteiger partial charge in [-0.3, -0.25) is 14.8 Å². The quantitative estimate of drug-likeness (QED) is 0.277. The Bertz CT molecular complexity index is 613. The number of nitrogens with one attached hydrogen (secondary N) is 3. The van der Waals surface area contributed by atoms with Gasteiger partial charge in [-0.2, -0.15) is 0 Å². The highest BCUT2D eigenvalue weighted by Crippen LogP contribution is 2.30. The van der Waals surface area contributed by atoms with Gasteiger partial charge in [0.25, 0.3) is 5.91 Å². The molecule has 1 aromatic rings. The molecule has 1 saturated carbocycles. The maximum Gasteiger partial charge on any atom is 0.254 e. The molecule has 2 atom stereocenters. The van der Waals surface area contributed by atoms with Crippen LogP contribution in [0.2, 0.25) is 0 Å². The van der Waals surface area contributed by atoms with Gasteiger partial charge in [0.2, 0.25) is 11.9 Å². The van der Waals surface area contributed by atoms with Crippen LogP contribution in [0.4, 0.5) is 5.95 Å². The molecule has 8 heteroatoms. The van der Waals surface area contributed by atoms with Crippen molar-refractivity contribution >= 4 is 17.8 Å². The molecule has 2 rings (SSSR count). The van der Waals surface area contributed by atoms with Crippen molar-refractivity contribution in [3.05, 3.63) is 18.0 Å². The summed E-state index contributed by atoms with van der Waals surface area (Å²) in [5, 5.41) is 14.7. The van der Waals surface area contributed by atoms with Gasteiger partial charge >= 0.3 is 0 Å². The molecule has 0 radical (unpaired) electrons. The monoisotopic (exact) mass is 391 g/mol. The first-order chi connectivity index (χ1) is 13.5. The molecular weight excluding hydrogens is 358 g/mol. The van der Waals surface area contributed by atoms with E-state index in [0.29, 0.717) is 42.4 Å². The first-order valence-electron chi connectivity index (χ1n) is 10.3. The zero-order valence-electron chi connectivity index (χ0n) is 16.9. The molecule has 1 aromatic heterocycles. The van der Waals surface area contributed by atoms with E-state index < -0.39 is 0 Å². The highest BCUT2D eigenvalue weighted by Gasteiger charge is 2.28. The lowest BCUT2D eigenvalue weighted by Crippen LogP contribution is -2.37. The molecule has 2 unspecified atom stereocenters. The number of amides is 2. The van der Waals surface area contributed by atoms with E-state index in [4.69, 9.17) is 5.21 Å². The lowest BCUT2D eigenvalue weighted by atomic mass is 9.79. The fourth-order valence-corrected chi connectivity index (χ4v) is 3.76. The zero-order chi connectivity index (χ0) is 20.4. The second-order valence-electron chi connectivity index (χ2n) is 7.81. The number of unbranched alkanes of at least 4 members (excludes halogenated alkanes) is 3. The maximum absolute atomic E-state index is 12.2. The highest BCUT2D eigenvalue weighted by atomic mass is 16.5. The zero-order valence-corrected chi connectivity index (χ0v) is 16.9. The van der Waals surface area contributed by atoms with Gasteiger partial charge in [-0.1, -0.05) is 33.1 Å². The van der Waals surface area contributed by atoms with E-state index in [1.807, 2.05) is 0 Å². The second kappa shape index (κ2) is 11.6. The molecule has 28 heavy (non-hydrogen) atoms.